The minimum atomic E-state index is -3.57. The van der Waals surface area contributed by atoms with Crippen LogP contribution in [0, 0.1) is 5.92 Å². The molecule has 1 saturated carbocycles. The molecule has 1 aliphatic heterocycles. The van der Waals surface area contributed by atoms with Gasteiger partial charge < -0.3 is 10.2 Å². The van der Waals surface area contributed by atoms with Crippen LogP contribution in [0.3, 0.4) is 0 Å². The summed E-state index contributed by atoms with van der Waals surface area (Å²) >= 11 is 0. The van der Waals surface area contributed by atoms with Crippen LogP contribution in [0.4, 0.5) is 0 Å². The monoisotopic (exact) mass is 394 g/mol. The van der Waals surface area contributed by atoms with E-state index in [0.29, 0.717) is 44.2 Å². The van der Waals surface area contributed by atoms with Gasteiger partial charge in [-0.25, -0.2) is 8.42 Å². The predicted octanol–water partition coefficient (Wildman–Crippen LogP) is -0.307. The second-order valence-electron chi connectivity index (χ2n) is 7.61. The number of amides is 1. The van der Waals surface area contributed by atoms with Crippen LogP contribution in [0.2, 0.25) is 0 Å². The third-order valence-corrected chi connectivity index (χ3v) is 7.37. The lowest BCUT2D eigenvalue weighted by Crippen LogP contribution is -3.15. The van der Waals surface area contributed by atoms with Crippen molar-refractivity contribution in [3.8, 4) is 0 Å². The number of nitrogens with zero attached hydrogens (tertiary/aromatic N) is 1. The molecule has 1 saturated heterocycles. The van der Waals surface area contributed by atoms with E-state index in [2.05, 4.69) is 5.32 Å². The maximum Gasteiger partial charge on any atom is 0.275 e. The number of carbonyl (C=O) groups is 2. The molecule has 7 nitrogen and oxygen atoms in total. The summed E-state index contributed by atoms with van der Waals surface area (Å²) in [5, 5.41) is 3.05. The molecule has 8 heteroatoms. The van der Waals surface area contributed by atoms with Crippen molar-refractivity contribution in [3.63, 3.8) is 0 Å². The largest absolute Gasteiger partial charge is 0.348 e. The summed E-state index contributed by atoms with van der Waals surface area (Å²) in [5.41, 5.74) is 0.495. The lowest BCUT2D eigenvalue weighted by Gasteiger charge is -2.31. The zero-order valence-electron chi connectivity index (χ0n) is 15.9. The van der Waals surface area contributed by atoms with Crippen LogP contribution in [-0.2, 0) is 14.8 Å². The highest BCUT2D eigenvalue weighted by molar-refractivity contribution is 7.89. The maximum absolute atomic E-state index is 12.8. The van der Waals surface area contributed by atoms with Gasteiger partial charge in [-0.3, -0.25) is 9.59 Å². The molecule has 1 aliphatic carbocycles. The number of hydrogen-bond acceptors (Lipinski definition) is 4. The van der Waals surface area contributed by atoms with Crippen LogP contribution in [0.25, 0.3) is 0 Å². The zero-order chi connectivity index (χ0) is 19.6. The Morgan fingerprint density at radius 3 is 2.30 bits per heavy atom. The molecule has 27 heavy (non-hydrogen) atoms. The van der Waals surface area contributed by atoms with Crippen LogP contribution in [0.15, 0.2) is 29.2 Å². The van der Waals surface area contributed by atoms with Gasteiger partial charge in [0.15, 0.2) is 12.3 Å². The molecule has 148 valence electrons. The molecule has 0 unspecified atom stereocenters. The van der Waals surface area contributed by atoms with Gasteiger partial charge >= 0.3 is 0 Å². The fraction of sp³-hybridized carbons (Fsp3) is 0.579. The van der Waals surface area contributed by atoms with Gasteiger partial charge in [0, 0.05) is 11.6 Å². The molecular weight excluding hydrogens is 366 g/mol. The highest BCUT2D eigenvalue weighted by Gasteiger charge is 2.33. The Hall–Kier alpha value is -1.77. The molecule has 1 aromatic rings. The van der Waals surface area contributed by atoms with Crippen LogP contribution in [0.5, 0.6) is 0 Å². The first-order chi connectivity index (χ1) is 12.8. The molecule has 0 bridgehead atoms. The van der Waals surface area contributed by atoms with Crippen LogP contribution in [-0.4, -0.2) is 63.2 Å². The summed E-state index contributed by atoms with van der Waals surface area (Å²) in [4.78, 5) is 24.8. The van der Waals surface area contributed by atoms with Gasteiger partial charge in [0.05, 0.1) is 31.1 Å². The van der Waals surface area contributed by atoms with Crippen molar-refractivity contribution in [1.82, 2.24) is 9.62 Å². The lowest BCUT2D eigenvalue weighted by molar-refractivity contribution is -0.895. The number of carbonyl (C=O) groups excluding carboxylic acids is 2. The minimum Gasteiger partial charge on any atom is -0.348 e. The Morgan fingerprint density at radius 2 is 1.78 bits per heavy atom. The van der Waals surface area contributed by atoms with Gasteiger partial charge in [-0.2, -0.15) is 4.31 Å². The number of hydrogen-bond donors (Lipinski definition) is 2. The van der Waals surface area contributed by atoms with Crippen LogP contribution < -0.4 is 10.2 Å². The lowest BCUT2D eigenvalue weighted by atomic mass is 10.2. The summed E-state index contributed by atoms with van der Waals surface area (Å²) in [6.07, 6.45) is 2.39. The second kappa shape index (κ2) is 8.08. The number of sulfonamides is 1. The first-order valence-electron chi connectivity index (χ1n) is 9.51. The predicted molar refractivity (Wildman–Crippen MR) is 101 cm³/mol. The Labute approximate surface area is 160 Å². The van der Waals surface area contributed by atoms with E-state index in [9.17, 15) is 18.0 Å². The number of quaternary nitrogens is 1. The van der Waals surface area contributed by atoms with Crippen molar-refractivity contribution in [2.24, 2.45) is 5.92 Å². The Kier molecular flexibility index (Phi) is 5.98. The molecule has 2 fully saturated rings. The number of rotatable bonds is 7. The minimum absolute atomic E-state index is 0.0422. The van der Waals surface area contributed by atoms with Gasteiger partial charge in [-0.05, 0) is 44.7 Å². The van der Waals surface area contributed by atoms with Crippen molar-refractivity contribution < 1.29 is 22.9 Å². The Morgan fingerprint density at radius 1 is 1.19 bits per heavy atom. The van der Waals surface area contributed by atoms with Gasteiger partial charge in [0.25, 0.3) is 5.91 Å². The average Bonchev–Trinajstić information content (AvgIpc) is 3.47. The van der Waals surface area contributed by atoms with Crippen LogP contribution >= 0.6 is 0 Å². The third kappa shape index (κ3) is 4.94. The number of piperazine rings is 1. The van der Waals surface area contributed by atoms with E-state index in [-0.39, 0.29) is 22.6 Å². The van der Waals surface area contributed by atoms with E-state index in [1.807, 2.05) is 6.92 Å². The average molecular weight is 395 g/mol. The third-order valence-electron chi connectivity index (χ3n) is 5.46. The molecule has 0 spiro atoms. The number of Topliss-reactive ketones (excluding diaryl/α,β-unsaturated/α-hetero) is 1. The van der Waals surface area contributed by atoms with Crippen molar-refractivity contribution in [2.45, 2.75) is 37.6 Å². The molecule has 0 aromatic heterocycles. The molecule has 2 N–H and O–H groups in total. The summed E-state index contributed by atoms with van der Waals surface area (Å²) in [7, 11) is -3.57. The quantitative estimate of drug-likeness (QED) is 0.621. The first kappa shape index (κ1) is 20.0. The molecular formula is C19H28N3O4S+. The number of nitrogens with one attached hydrogen (secondary N) is 2. The molecule has 1 atom stereocenters. The zero-order valence-corrected chi connectivity index (χ0v) is 16.7. The van der Waals surface area contributed by atoms with Crippen molar-refractivity contribution in [1.29, 1.82) is 0 Å². The first-order valence-corrected chi connectivity index (χ1v) is 11.0. The van der Waals surface area contributed by atoms with E-state index in [1.54, 1.807) is 12.1 Å². The topological polar surface area (TPSA) is 88.0 Å². The van der Waals surface area contributed by atoms with E-state index in [4.69, 9.17) is 0 Å². The van der Waals surface area contributed by atoms with E-state index >= 15 is 0 Å². The number of benzene rings is 1. The van der Waals surface area contributed by atoms with Crippen molar-refractivity contribution in [2.75, 3.05) is 32.7 Å². The molecule has 3 rings (SSSR count). The fourth-order valence-corrected chi connectivity index (χ4v) is 4.92. The van der Waals surface area contributed by atoms with Gasteiger partial charge in [-0.15, -0.1) is 0 Å². The Bertz CT molecular complexity index is 795. The highest BCUT2D eigenvalue weighted by atomic mass is 32.2. The maximum atomic E-state index is 12.8. The highest BCUT2D eigenvalue weighted by Crippen LogP contribution is 2.32. The van der Waals surface area contributed by atoms with E-state index < -0.39 is 10.0 Å². The fourth-order valence-electron chi connectivity index (χ4n) is 3.48. The number of ketones is 1. The van der Waals surface area contributed by atoms with E-state index in [0.717, 1.165) is 4.90 Å². The molecule has 1 amide bonds. The molecule has 1 heterocycles. The van der Waals surface area contributed by atoms with Crippen molar-refractivity contribution >= 4 is 21.7 Å². The summed E-state index contributed by atoms with van der Waals surface area (Å²) in [5.74, 6) is 0.575. The summed E-state index contributed by atoms with van der Waals surface area (Å²) in [6, 6.07) is 6.29. The standard InChI is InChI=1S/C19H27N3O4S/c1-14(16-3-4-16)20-19(24)13-21-9-11-22(12-10-21)27(25,26)18-7-5-17(6-8-18)15(2)23/h5-8,14,16H,3-4,9-13H2,1-2H3,(H,20,24)/p+1/t14-/m0/s1. The molecule has 0 radical (unpaired) electrons. The smallest absolute Gasteiger partial charge is 0.275 e. The van der Waals surface area contributed by atoms with E-state index in [1.165, 1.54) is 36.2 Å². The molecule has 1 aromatic carbocycles. The van der Waals surface area contributed by atoms with Gasteiger partial charge in [0.2, 0.25) is 10.0 Å². The molecule has 2 aliphatic rings. The van der Waals surface area contributed by atoms with Gasteiger partial charge in [0.1, 0.15) is 0 Å². The van der Waals surface area contributed by atoms with Crippen LogP contribution in [0.1, 0.15) is 37.0 Å². The SMILES string of the molecule is CC(=O)c1ccc(S(=O)(=O)N2CC[NH+](CC(=O)N[C@@H](C)C3CC3)CC2)cc1. The Balaban J connectivity index is 1.52. The summed E-state index contributed by atoms with van der Waals surface area (Å²) in [6.45, 7) is 5.87. The second-order valence-corrected chi connectivity index (χ2v) is 9.54. The van der Waals surface area contributed by atoms with Gasteiger partial charge in [-0.1, -0.05) is 12.1 Å². The summed E-state index contributed by atoms with van der Waals surface area (Å²) < 4.78 is 27.0. The normalized spacial score (nSPS) is 20.2. The van der Waals surface area contributed by atoms with Crippen molar-refractivity contribution in [3.05, 3.63) is 29.8 Å².